The third-order valence-corrected chi connectivity index (χ3v) is 36.2. The van der Waals surface area contributed by atoms with Gasteiger partial charge >= 0.3 is 0 Å². The average molecular weight is 1730 g/mol. The number of hydrogen-bond acceptors (Lipinski definition) is 22. The van der Waals surface area contributed by atoms with Gasteiger partial charge in [0.25, 0.3) is 0 Å². The smallest absolute Gasteiger partial charge is 0.169 e. The zero-order chi connectivity index (χ0) is 87.2. The molecule has 0 aromatic carbocycles. The molecule has 682 valence electrons. The Kier molecular flexibility index (Phi) is 34.0. The lowest BCUT2D eigenvalue weighted by Crippen LogP contribution is -2.64. The summed E-state index contributed by atoms with van der Waals surface area (Å²) in [6.07, 6.45) is 8.58. The Labute approximate surface area is 725 Å². The van der Waals surface area contributed by atoms with Crippen LogP contribution in [-0.2, 0) is 57.6 Å². The van der Waals surface area contributed by atoms with Crippen molar-refractivity contribution in [2.24, 2.45) is 43.8 Å². The molecule has 14 rings (SSSR count). The Morgan fingerprint density at radius 2 is 0.595 bits per heavy atom. The van der Waals surface area contributed by atoms with Gasteiger partial charge in [0.2, 0.25) is 0 Å². The third kappa shape index (κ3) is 23.4. The van der Waals surface area contributed by atoms with Crippen molar-refractivity contribution in [1.29, 1.82) is 0 Å². The zero-order valence-electron chi connectivity index (χ0n) is 80.4. The number of hydrogen-bond donors (Lipinski definition) is 0. The van der Waals surface area contributed by atoms with Crippen LogP contribution in [0.3, 0.4) is 0 Å². The fourth-order valence-corrected chi connectivity index (χ4v) is 31.0. The fourth-order valence-electron chi connectivity index (χ4n) is 21.7. The second-order valence-electron chi connectivity index (χ2n) is 46.1. The van der Waals surface area contributed by atoms with Crippen molar-refractivity contribution >= 4 is 55.0 Å². The van der Waals surface area contributed by atoms with Gasteiger partial charge in [0, 0.05) is 153 Å². The van der Waals surface area contributed by atoms with Gasteiger partial charge in [-0.3, -0.25) is 34.3 Å². The molecule has 116 heavy (non-hydrogen) atoms. The molecule has 0 aromatic heterocycles. The van der Waals surface area contributed by atoms with Gasteiger partial charge in [-0.25, -0.2) is 16.8 Å². The summed E-state index contributed by atoms with van der Waals surface area (Å²) in [5, 5.41) is 0. The SMILES string of the molecule is CC(C)N1[C@H](C(C)(C)C)COC12CCOCC2.CC(C)N1[C@H](C(C)(C)C)COC12CCS(=O)(=O)CC2.CC(C)N1[C@H](C(C)(C)C)COC12COC2.CC(C)N1[C@H](C(C)(C)C)CSC12CCOCC2.CC(C)N1[C@H](C(C)(C)C)CSC12CCS(=O)(=O)CC2.CC(C)N1[C@H](C(C)(C)C)CSC12COC2.CC(C)[C@@H]1CC2(COC2)CN1C(C)C. The minimum Gasteiger partial charge on any atom is -0.381 e. The van der Waals surface area contributed by atoms with E-state index in [2.05, 4.69) is 293 Å². The summed E-state index contributed by atoms with van der Waals surface area (Å²) in [7, 11) is -5.64. The molecule has 0 aromatic rings. The molecule has 14 saturated heterocycles. The number of ether oxygens (including phenoxy) is 8. The molecule has 0 bridgehead atoms. The normalized spacial score (nSPS) is 31.0. The van der Waals surface area contributed by atoms with E-state index in [0.717, 1.165) is 123 Å². The Morgan fingerprint density at radius 3 is 0.871 bits per heavy atom. The van der Waals surface area contributed by atoms with Crippen LogP contribution >= 0.6 is 35.3 Å². The number of rotatable bonds is 8. The first-order valence-corrected chi connectivity index (χ1v) is 52.4. The molecule has 0 saturated carbocycles. The van der Waals surface area contributed by atoms with Crippen LogP contribution in [-0.4, -0.2) is 300 Å². The lowest BCUT2D eigenvalue weighted by atomic mass is 9.82. The Bertz CT molecular complexity index is 3050. The second-order valence-corrected chi connectivity index (χ2v) is 54.9. The summed E-state index contributed by atoms with van der Waals surface area (Å²) in [6, 6.07) is 7.89. The first-order chi connectivity index (χ1) is 53.2. The maximum absolute atomic E-state index is 11.7. The van der Waals surface area contributed by atoms with E-state index in [9.17, 15) is 16.8 Å². The molecular weight excluding hydrogens is 1560 g/mol. The number of thioether (sulfide) groups is 3. The predicted molar refractivity (Wildman–Crippen MR) is 489 cm³/mol. The van der Waals surface area contributed by atoms with Crippen molar-refractivity contribution < 1.29 is 54.7 Å². The maximum atomic E-state index is 11.7. The molecule has 7 atom stereocenters. The van der Waals surface area contributed by atoms with E-state index in [1.165, 1.54) is 37.3 Å². The van der Waals surface area contributed by atoms with Gasteiger partial charge in [-0.1, -0.05) is 138 Å². The van der Waals surface area contributed by atoms with Crippen molar-refractivity contribution in [3.8, 4) is 0 Å². The lowest BCUT2D eigenvalue weighted by molar-refractivity contribution is -0.251. The highest BCUT2D eigenvalue weighted by molar-refractivity contribution is 8.01. The van der Waals surface area contributed by atoms with Crippen LogP contribution in [0.2, 0.25) is 0 Å². The van der Waals surface area contributed by atoms with Gasteiger partial charge in [-0.05, 0) is 167 Å². The van der Waals surface area contributed by atoms with Crippen LogP contribution in [0.1, 0.15) is 293 Å². The highest BCUT2D eigenvalue weighted by Gasteiger charge is 2.61. The molecule has 14 fully saturated rings. The summed E-state index contributed by atoms with van der Waals surface area (Å²) < 4.78 is 92.4. The molecule has 24 heteroatoms. The molecular formula is C92H177N7O12S5. The van der Waals surface area contributed by atoms with Crippen molar-refractivity contribution in [2.45, 2.75) is 410 Å². The Morgan fingerprint density at radius 1 is 0.310 bits per heavy atom. The monoisotopic (exact) mass is 1730 g/mol. The minimum atomic E-state index is -2.85. The quantitative estimate of drug-likeness (QED) is 0.225. The van der Waals surface area contributed by atoms with E-state index in [0.29, 0.717) is 135 Å². The van der Waals surface area contributed by atoms with Gasteiger partial charge in [-0.2, -0.15) is 0 Å². The van der Waals surface area contributed by atoms with E-state index >= 15 is 0 Å². The van der Waals surface area contributed by atoms with Crippen LogP contribution < -0.4 is 0 Å². The van der Waals surface area contributed by atoms with Gasteiger partial charge in [0.05, 0.1) is 105 Å². The summed E-state index contributed by atoms with van der Waals surface area (Å²) >= 11 is 6.29. The molecule has 14 aliphatic heterocycles. The largest absolute Gasteiger partial charge is 0.381 e. The molecule has 7 spiro atoms. The Hall–Kier alpha value is 0.350. The van der Waals surface area contributed by atoms with Gasteiger partial charge in [-0.15, -0.1) is 35.3 Å². The first-order valence-electron chi connectivity index (χ1n) is 45.8. The van der Waals surface area contributed by atoms with E-state index in [1.807, 2.05) is 11.8 Å². The number of sulfone groups is 2. The summed E-state index contributed by atoms with van der Waals surface area (Å²) in [5.41, 5.74) is 1.69. The van der Waals surface area contributed by atoms with Crippen LogP contribution in [0, 0.1) is 43.8 Å². The molecule has 0 unspecified atom stereocenters. The first kappa shape index (κ1) is 102. The van der Waals surface area contributed by atoms with Crippen LogP contribution in [0.5, 0.6) is 0 Å². The lowest BCUT2D eigenvalue weighted by Gasteiger charge is -2.50. The van der Waals surface area contributed by atoms with Crippen LogP contribution in [0.4, 0.5) is 0 Å². The molecule has 0 amide bonds. The molecule has 0 radical (unpaired) electrons. The van der Waals surface area contributed by atoms with Gasteiger partial charge in [0.1, 0.15) is 16.3 Å². The van der Waals surface area contributed by atoms with Gasteiger partial charge < -0.3 is 37.9 Å². The number of nitrogens with zero attached hydrogens (tertiary/aromatic N) is 7. The molecule has 0 aliphatic carbocycles. The maximum Gasteiger partial charge on any atom is 0.169 e. The van der Waals surface area contributed by atoms with Gasteiger partial charge in [0.15, 0.2) is 25.4 Å². The molecule has 19 nitrogen and oxygen atoms in total. The van der Waals surface area contributed by atoms with E-state index in [1.54, 1.807) is 0 Å². The fraction of sp³-hybridized carbons (Fsp3) is 1.00. The average Bonchev–Trinajstić information content (AvgIpc) is 1.59. The van der Waals surface area contributed by atoms with Crippen LogP contribution in [0.25, 0.3) is 0 Å². The van der Waals surface area contributed by atoms with E-state index in [4.69, 9.17) is 37.9 Å². The topological polar surface area (TPSA) is 165 Å². The third-order valence-electron chi connectivity index (χ3n) is 28.1. The summed E-state index contributed by atoms with van der Waals surface area (Å²) in [6.45, 7) is 90.6. The molecule has 0 N–H and O–H groups in total. The standard InChI is InChI=1S/C14H27NO3S.C14H27NO2S2.C14H27NO2.C14H27NOS.C12H23NO2.C12H23NOS.C12H23NO/c2*1-11(2)15-12(13(3,4)5)10-18-14(15)6-8-19(16,17)9-7-14;2*1-11(2)15-12(13(3,4)5)10-17-14(15)6-8-16-9-7-14;2*1-9(2)13-10(11(3,4)5)6-15-12(13)7-14-8-12;1-9(2)11-5-12(7-14-8-12)6-13(11)10(3)4/h2*11-12H,6-10H2,1-5H3;2*11-12H,6-10H2,1-5H3;2*9-10H,6-8H2,1-5H3;9-11H,5-8H2,1-4H3/t4*12-;2*10-;11-/m0000000/s1. The molecule has 14 aliphatic rings. The second kappa shape index (κ2) is 38.7. The Balaban J connectivity index is 0.000000169. The van der Waals surface area contributed by atoms with Crippen molar-refractivity contribution in [1.82, 2.24) is 34.3 Å². The highest BCUT2D eigenvalue weighted by atomic mass is 32.2. The highest BCUT2D eigenvalue weighted by Crippen LogP contribution is 2.55. The molecule has 14 heterocycles. The van der Waals surface area contributed by atoms with Crippen molar-refractivity contribution in [3.63, 3.8) is 0 Å². The van der Waals surface area contributed by atoms with Crippen molar-refractivity contribution in [3.05, 3.63) is 0 Å². The summed E-state index contributed by atoms with van der Waals surface area (Å²) in [5.74, 6) is 5.67. The van der Waals surface area contributed by atoms with E-state index < -0.39 is 19.7 Å². The van der Waals surface area contributed by atoms with Crippen molar-refractivity contribution in [2.75, 3.05) is 133 Å². The van der Waals surface area contributed by atoms with Crippen LogP contribution in [0.15, 0.2) is 0 Å². The zero-order valence-corrected chi connectivity index (χ0v) is 84.5. The number of likely N-dealkylation sites (tertiary alicyclic amines) is 1. The van der Waals surface area contributed by atoms with E-state index in [-0.39, 0.29) is 55.2 Å². The summed E-state index contributed by atoms with van der Waals surface area (Å²) in [4.78, 5) is 19.1. The minimum absolute atomic E-state index is 0.0512. The predicted octanol–water partition coefficient (Wildman–Crippen LogP) is 17.4.